The molecule has 1 N–H and O–H groups in total. The molecular formula is C15H19N3O2. The molecule has 0 aliphatic carbocycles. The standard InChI is InChI=1S/C15H19N3O2/c1-10-15(11(2)18(3)17-10)16-14(19)9-12-7-5-6-8-13(12)20-4/h5-8H,9H2,1-4H3,(H,16,19). The Morgan fingerprint density at radius 3 is 2.65 bits per heavy atom. The summed E-state index contributed by atoms with van der Waals surface area (Å²) in [5.41, 5.74) is 3.41. The van der Waals surface area contributed by atoms with E-state index in [1.165, 1.54) is 0 Å². The maximum Gasteiger partial charge on any atom is 0.229 e. The van der Waals surface area contributed by atoms with Gasteiger partial charge in [0.1, 0.15) is 5.75 Å². The Labute approximate surface area is 118 Å². The lowest BCUT2D eigenvalue weighted by molar-refractivity contribution is -0.115. The zero-order chi connectivity index (χ0) is 14.7. The monoisotopic (exact) mass is 273 g/mol. The van der Waals surface area contributed by atoms with E-state index < -0.39 is 0 Å². The Morgan fingerprint density at radius 2 is 2.05 bits per heavy atom. The second-order valence-electron chi connectivity index (χ2n) is 4.71. The third kappa shape index (κ3) is 2.82. The van der Waals surface area contributed by atoms with Gasteiger partial charge in [-0.2, -0.15) is 5.10 Å². The first-order chi connectivity index (χ1) is 9.52. The third-order valence-electron chi connectivity index (χ3n) is 3.32. The number of hydrogen-bond donors (Lipinski definition) is 1. The number of benzene rings is 1. The molecule has 0 saturated heterocycles. The molecule has 0 aliphatic heterocycles. The Balaban J connectivity index is 2.13. The van der Waals surface area contributed by atoms with Crippen molar-refractivity contribution in [2.24, 2.45) is 7.05 Å². The second-order valence-corrected chi connectivity index (χ2v) is 4.71. The van der Waals surface area contributed by atoms with Crippen LogP contribution < -0.4 is 10.1 Å². The fraction of sp³-hybridized carbons (Fsp3) is 0.333. The minimum atomic E-state index is -0.0753. The van der Waals surface area contributed by atoms with E-state index in [9.17, 15) is 4.79 Å². The minimum Gasteiger partial charge on any atom is -0.496 e. The topological polar surface area (TPSA) is 56.1 Å². The highest BCUT2D eigenvalue weighted by atomic mass is 16.5. The van der Waals surface area contributed by atoms with Gasteiger partial charge in [0.15, 0.2) is 0 Å². The minimum absolute atomic E-state index is 0.0753. The average Bonchev–Trinajstić information content (AvgIpc) is 2.66. The number of nitrogens with one attached hydrogen (secondary N) is 1. The van der Waals surface area contributed by atoms with Gasteiger partial charge >= 0.3 is 0 Å². The normalized spacial score (nSPS) is 10.4. The number of ether oxygens (including phenoxy) is 1. The number of anilines is 1. The van der Waals surface area contributed by atoms with Crippen molar-refractivity contribution in [2.75, 3.05) is 12.4 Å². The summed E-state index contributed by atoms with van der Waals surface area (Å²) in [4.78, 5) is 12.2. The van der Waals surface area contributed by atoms with Gasteiger partial charge in [-0.15, -0.1) is 0 Å². The average molecular weight is 273 g/mol. The van der Waals surface area contributed by atoms with Crippen LogP contribution in [0.5, 0.6) is 5.75 Å². The maximum atomic E-state index is 12.2. The van der Waals surface area contributed by atoms with Crippen LogP contribution in [0.3, 0.4) is 0 Å². The Kier molecular flexibility index (Phi) is 4.08. The van der Waals surface area contributed by atoms with E-state index in [0.29, 0.717) is 0 Å². The molecule has 5 heteroatoms. The van der Waals surface area contributed by atoms with E-state index in [2.05, 4.69) is 10.4 Å². The van der Waals surface area contributed by atoms with E-state index in [1.54, 1.807) is 11.8 Å². The van der Waals surface area contributed by atoms with Crippen LogP contribution in [-0.4, -0.2) is 22.8 Å². The van der Waals surface area contributed by atoms with Crippen molar-refractivity contribution in [2.45, 2.75) is 20.3 Å². The number of aromatic nitrogens is 2. The summed E-state index contributed by atoms with van der Waals surface area (Å²) in [6, 6.07) is 7.52. The first-order valence-corrected chi connectivity index (χ1v) is 6.45. The van der Waals surface area contributed by atoms with Gasteiger partial charge in [0, 0.05) is 12.6 Å². The fourth-order valence-electron chi connectivity index (χ4n) is 2.16. The predicted octanol–water partition coefficient (Wildman–Crippen LogP) is 2.23. The molecule has 2 aromatic rings. The van der Waals surface area contributed by atoms with Crippen molar-refractivity contribution < 1.29 is 9.53 Å². The number of hydrogen-bond acceptors (Lipinski definition) is 3. The zero-order valence-electron chi connectivity index (χ0n) is 12.2. The number of aryl methyl sites for hydroxylation is 2. The van der Waals surface area contributed by atoms with Crippen LogP contribution in [0, 0.1) is 13.8 Å². The van der Waals surface area contributed by atoms with E-state index in [0.717, 1.165) is 28.4 Å². The molecule has 0 atom stereocenters. The molecule has 0 bridgehead atoms. The lowest BCUT2D eigenvalue weighted by atomic mass is 10.1. The summed E-state index contributed by atoms with van der Waals surface area (Å²) in [6.45, 7) is 3.81. The lowest BCUT2D eigenvalue weighted by Gasteiger charge is -2.09. The van der Waals surface area contributed by atoms with Crippen LogP contribution in [0.25, 0.3) is 0 Å². The van der Waals surface area contributed by atoms with Gasteiger partial charge in [-0.1, -0.05) is 18.2 Å². The summed E-state index contributed by atoms with van der Waals surface area (Å²) >= 11 is 0. The highest BCUT2D eigenvalue weighted by Crippen LogP contribution is 2.21. The molecule has 0 spiro atoms. The molecule has 106 valence electrons. The Hall–Kier alpha value is -2.30. The van der Waals surface area contributed by atoms with Crippen LogP contribution in [0.15, 0.2) is 24.3 Å². The molecule has 0 saturated carbocycles. The van der Waals surface area contributed by atoms with Gasteiger partial charge in [0.25, 0.3) is 0 Å². The molecule has 5 nitrogen and oxygen atoms in total. The molecule has 1 aromatic carbocycles. The molecule has 0 unspecified atom stereocenters. The number of carbonyl (C=O) groups excluding carboxylic acids is 1. The predicted molar refractivity (Wildman–Crippen MR) is 78.0 cm³/mol. The van der Waals surface area contributed by atoms with Gasteiger partial charge < -0.3 is 10.1 Å². The quantitative estimate of drug-likeness (QED) is 0.929. The molecule has 1 aromatic heterocycles. The third-order valence-corrected chi connectivity index (χ3v) is 3.32. The van der Waals surface area contributed by atoms with Crippen molar-refractivity contribution in [3.05, 3.63) is 41.2 Å². The molecule has 0 radical (unpaired) electrons. The summed E-state index contributed by atoms with van der Waals surface area (Å²) < 4.78 is 7.01. The SMILES string of the molecule is COc1ccccc1CC(=O)Nc1c(C)nn(C)c1C. The van der Waals surface area contributed by atoms with Crippen molar-refractivity contribution in [1.29, 1.82) is 0 Å². The van der Waals surface area contributed by atoms with E-state index in [4.69, 9.17) is 4.74 Å². The number of para-hydroxylation sites is 1. The number of rotatable bonds is 4. The number of carbonyl (C=O) groups is 1. The van der Waals surface area contributed by atoms with E-state index >= 15 is 0 Å². The van der Waals surface area contributed by atoms with Crippen LogP contribution in [0.4, 0.5) is 5.69 Å². The maximum absolute atomic E-state index is 12.2. The van der Waals surface area contributed by atoms with Gasteiger partial charge in [-0.25, -0.2) is 0 Å². The zero-order valence-corrected chi connectivity index (χ0v) is 12.2. The summed E-state index contributed by atoms with van der Waals surface area (Å²) in [7, 11) is 3.46. The van der Waals surface area contributed by atoms with Crippen LogP contribution in [0.1, 0.15) is 17.0 Å². The molecule has 1 heterocycles. The summed E-state index contributed by atoms with van der Waals surface area (Å²) in [5.74, 6) is 0.649. The van der Waals surface area contributed by atoms with Gasteiger partial charge in [-0.05, 0) is 19.9 Å². The molecular weight excluding hydrogens is 254 g/mol. The molecule has 0 aliphatic rings. The largest absolute Gasteiger partial charge is 0.496 e. The van der Waals surface area contributed by atoms with Gasteiger partial charge in [-0.3, -0.25) is 9.48 Å². The van der Waals surface area contributed by atoms with Crippen molar-refractivity contribution in [1.82, 2.24) is 9.78 Å². The first kappa shape index (κ1) is 14.1. The first-order valence-electron chi connectivity index (χ1n) is 6.45. The fourth-order valence-corrected chi connectivity index (χ4v) is 2.16. The van der Waals surface area contributed by atoms with Gasteiger partial charge in [0.2, 0.25) is 5.91 Å². The van der Waals surface area contributed by atoms with Crippen molar-refractivity contribution in [3.8, 4) is 5.75 Å². The molecule has 20 heavy (non-hydrogen) atoms. The Morgan fingerprint density at radius 1 is 1.35 bits per heavy atom. The van der Waals surface area contributed by atoms with Crippen molar-refractivity contribution >= 4 is 11.6 Å². The van der Waals surface area contributed by atoms with Gasteiger partial charge in [0.05, 0.1) is 30.6 Å². The molecule has 2 rings (SSSR count). The van der Waals surface area contributed by atoms with Crippen LogP contribution in [-0.2, 0) is 18.3 Å². The van der Waals surface area contributed by atoms with Crippen LogP contribution >= 0.6 is 0 Å². The highest BCUT2D eigenvalue weighted by Gasteiger charge is 2.14. The number of methoxy groups -OCH3 is 1. The molecule has 1 amide bonds. The number of nitrogens with zero attached hydrogens (tertiary/aromatic N) is 2. The smallest absolute Gasteiger partial charge is 0.229 e. The summed E-state index contributed by atoms with van der Waals surface area (Å²) in [6.07, 6.45) is 0.276. The number of amides is 1. The van der Waals surface area contributed by atoms with E-state index in [-0.39, 0.29) is 12.3 Å². The van der Waals surface area contributed by atoms with E-state index in [1.807, 2.05) is 45.2 Å². The molecule has 0 fully saturated rings. The summed E-state index contributed by atoms with van der Waals surface area (Å²) in [5, 5.41) is 7.20. The van der Waals surface area contributed by atoms with Crippen LogP contribution in [0.2, 0.25) is 0 Å². The Bertz CT molecular complexity index is 632. The van der Waals surface area contributed by atoms with Crippen molar-refractivity contribution in [3.63, 3.8) is 0 Å². The second kappa shape index (κ2) is 5.77. The highest BCUT2D eigenvalue weighted by molar-refractivity contribution is 5.93. The lowest BCUT2D eigenvalue weighted by Crippen LogP contribution is -2.16.